The smallest absolute Gasteiger partial charge is 0.262 e. The summed E-state index contributed by atoms with van der Waals surface area (Å²) in [5.74, 6) is -0.201. The first kappa shape index (κ1) is 18.4. The Bertz CT molecular complexity index is 1310. The number of para-hydroxylation sites is 1. The van der Waals surface area contributed by atoms with Crippen molar-refractivity contribution < 1.29 is 4.79 Å². The van der Waals surface area contributed by atoms with Crippen LogP contribution >= 0.6 is 0 Å². The highest BCUT2D eigenvalue weighted by Crippen LogP contribution is 2.22. The van der Waals surface area contributed by atoms with E-state index in [1.54, 1.807) is 28.8 Å². The van der Waals surface area contributed by atoms with Crippen molar-refractivity contribution in [3.8, 4) is 6.07 Å². The molecule has 0 saturated heterocycles. The Balaban J connectivity index is 1.51. The lowest BCUT2D eigenvalue weighted by Crippen LogP contribution is -2.27. The van der Waals surface area contributed by atoms with Crippen molar-refractivity contribution in [2.75, 3.05) is 6.54 Å². The van der Waals surface area contributed by atoms with E-state index in [1.165, 1.54) is 0 Å². The summed E-state index contributed by atoms with van der Waals surface area (Å²) in [6, 6.07) is 16.2. The first-order chi connectivity index (χ1) is 14.1. The normalized spacial score (nSPS) is 10.9. The lowest BCUT2D eigenvalue weighted by Gasteiger charge is -2.12. The van der Waals surface area contributed by atoms with E-state index in [0.717, 1.165) is 16.6 Å². The first-order valence-electron chi connectivity index (χ1n) is 9.34. The number of amides is 1. The molecule has 29 heavy (non-hydrogen) atoms. The summed E-state index contributed by atoms with van der Waals surface area (Å²) in [4.78, 5) is 25.3. The number of pyridine rings is 1. The standard InChI is InChI=1S/C22H19N5O2/c1-14-19-20(26-25-14)17-5-2-3-6-18(17)27(22(19)29)12-4-11-24-21(28)16-9-7-15(13-23)8-10-16/h2-3,5-10H,4,11-12H2,1H3,(H,24,28)(H,25,26). The van der Waals surface area contributed by atoms with Gasteiger partial charge in [0, 0.05) is 29.7 Å². The molecule has 0 aliphatic rings. The quantitative estimate of drug-likeness (QED) is 0.516. The molecule has 144 valence electrons. The molecule has 0 fully saturated rings. The van der Waals surface area contributed by atoms with Crippen LogP contribution in [0.1, 0.15) is 28.0 Å². The summed E-state index contributed by atoms with van der Waals surface area (Å²) in [5, 5.41) is 20.4. The molecule has 0 spiro atoms. The number of nitrogens with one attached hydrogen (secondary N) is 2. The van der Waals surface area contributed by atoms with Gasteiger partial charge in [0.25, 0.3) is 11.5 Å². The molecule has 2 aromatic heterocycles. The van der Waals surface area contributed by atoms with Gasteiger partial charge in [0.1, 0.15) is 5.52 Å². The third kappa shape index (κ3) is 3.36. The molecule has 2 N–H and O–H groups in total. The molecular weight excluding hydrogens is 366 g/mol. The van der Waals surface area contributed by atoms with E-state index in [9.17, 15) is 9.59 Å². The van der Waals surface area contributed by atoms with Crippen LogP contribution in [0.4, 0.5) is 0 Å². The fourth-order valence-electron chi connectivity index (χ4n) is 3.50. The van der Waals surface area contributed by atoms with Crippen LogP contribution in [0.5, 0.6) is 0 Å². The Morgan fingerprint density at radius 1 is 1.21 bits per heavy atom. The van der Waals surface area contributed by atoms with Gasteiger partial charge in [0.2, 0.25) is 0 Å². The Hall–Kier alpha value is -3.92. The summed E-state index contributed by atoms with van der Waals surface area (Å²) in [6.45, 7) is 2.75. The van der Waals surface area contributed by atoms with Crippen molar-refractivity contribution in [1.29, 1.82) is 5.26 Å². The summed E-state index contributed by atoms with van der Waals surface area (Å²) in [6.07, 6.45) is 0.605. The van der Waals surface area contributed by atoms with Crippen LogP contribution in [0, 0.1) is 18.3 Å². The van der Waals surface area contributed by atoms with Gasteiger partial charge in [-0.2, -0.15) is 10.4 Å². The molecule has 0 radical (unpaired) electrons. The van der Waals surface area contributed by atoms with Crippen LogP contribution in [-0.4, -0.2) is 27.2 Å². The minimum Gasteiger partial charge on any atom is -0.352 e. The number of hydrogen-bond acceptors (Lipinski definition) is 4. The van der Waals surface area contributed by atoms with Gasteiger partial charge in [-0.3, -0.25) is 14.7 Å². The molecular formula is C22H19N5O2. The van der Waals surface area contributed by atoms with Crippen LogP contribution in [0.2, 0.25) is 0 Å². The highest BCUT2D eigenvalue weighted by atomic mass is 16.1. The van der Waals surface area contributed by atoms with Crippen molar-refractivity contribution >= 4 is 27.7 Å². The number of rotatable bonds is 5. The third-order valence-corrected chi connectivity index (χ3v) is 4.98. The van der Waals surface area contributed by atoms with Gasteiger partial charge in [0.15, 0.2) is 0 Å². The number of aromatic amines is 1. The number of aryl methyl sites for hydroxylation is 2. The van der Waals surface area contributed by atoms with E-state index >= 15 is 0 Å². The molecule has 0 aliphatic heterocycles. The second-order valence-electron chi connectivity index (χ2n) is 6.84. The number of H-pyrrole nitrogens is 1. The van der Waals surface area contributed by atoms with Gasteiger partial charge in [-0.25, -0.2) is 0 Å². The fraction of sp³-hybridized carbons (Fsp3) is 0.182. The number of carbonyl (C=O) groups is 1. The van der Waals surface area contributed by atoms with Crippen LogP contribution in [0.3, 0.4) is 0 Å². The minimum absolute atomic E-state index is 0.0802. The molecule has 4 rings (SSSR count). The number of benzene rings is 2. The number of carbonyl (C=O) groups excluding carboxylic acids is 1. The lowest BCUT2D eigenvalue weighted by molar-refractivity contribution is 0.0952. The zero-order chi connectivity index (χ0) is 20.4. The lowest BCUT2D eigenvalue weighted by atomic mass is 10.1. The zero-order valence-electron chi connectivity index (χ0n) is 15.9. The van der Waals surface area contributed by atoms with Crippen molar-refractivity contribution in [1.82, 2.24) is 20.1 Å². The summed E-state index contributed by atoms with van der Waals surface area (Å²) in [7, 11) is 0. The number of nitrogens with zero attached hydrogens (tertiary/aromatic N) is 3. The van der Waals surface area contributed by atoms with Crippen molar-refractivity contribution in [3.63, 3.8) is 0 Å². The van der Waals surface area contributed by atoms with Crippen molar-refractivity contribution in [3.05, 3.63) is 75.7 Å². The van der Waals surface area contributed by atoms with Gasteiger partial charge in [-0.15, -0.1) is 0 Å². The Labute approximate surface area is 166 Å². The van der Waals surface area contributed by atoms with Crippen molar-refractivity contribution in [2.45, 2.75) is 19.9 Å². The van der Waals surface area contributed by atoms with Crippen LogP contribution < -0.4 is 10.9 Å². The zero-order valence-corrected chi connectivity index (χ0v) is 15.9. The number of hydrogen-bond donors (Lipinski definition) is 2. The predicted octanol–water partition coefficient (Wildman–Crippen LogP) is 2.88. The number of aromatic nitrogens is 3. The predicted molar refractivity (Wildman–Crippen MR) is 111 cm³/mol. The molecule has 0 saturated carbocycles. The highest BCUT2D eigenvalue weighted by Gasteiger charge is 2.14. The maximum Gasteiger partial charge on any atom is 0.262 e. The Morgan fingerprint density at radius 3 is 2.72 bits per heavy atom. The van der Waals surface area contributed by atoms with E-state index in [0.29, 0.717) is 41.5 Å². The second kappa shape index (κ2) is 7.60. The van der Waals surface area contributed by atoms with Crippen molar-refractivity contribution in [2.24, 2.45) is 0 Å². The van der Waals surface area contributed by atoms with E-state index < -0.39 is 0 Å². The van der Waals surface area contributed by atoms with Crippen LogP contribution in [0.15, 0.2) is 53.3 Å². The van der Waals surface area contributed by atoms with E-state index in [2.05, 4.69) is 15.5 Å². The topological polar surface area (TPSA) is 104 Å². The van der Waals surface area contributed by atoms with Gasteiger partial charge in [-0.05, 0) is 43.7 Å². The molecule has 0 bridgehead atoms. The molecule has 0 unspecified atom stereocenters. The number of nitriles is 1. The molecule has 1 amide bonds. The van der Waals surface area contributed by atoms with E-state index in [-0.39, 0.29) is 11.5 Å². The van der Waals surface area contributed by atoms with Gasteiger partial charge in [-0.1, -0.05) is 18.2 Å². The minimum atomic E-state index is -0.201. The number of fused-ring (bicyclic) bond motifs is 3. The highest BCUT2D eigenvalue weighted by molar-refractivity contribution is 6.03. The summed E-state index contributed by atoms with van der Waals surface area (Å²) in [5.41, 5.74) is 3.20. The second-order valence-corrected chi connectivity index (χ2v) is 6.84. The molecule has 0 aliphatic carbocycles. The van der Waals surface area contributed by atoms with Crippen LogP contribution in [-0.2, 0) is 6.54 Å². The average Bonchev–Trinajstić information content (AvgIpc) is 3.15. The monoisotopic (exact) mass is 385 g/mol. The van der Waals surface area contributed by atoms with Gasteiger partial charge >= 0.3 is 0 Å². The van der Waals surface area contributed by atoms with E-state index in [4.69, 9.17) is 5.26 Å². The van der Waals surface area contributed by atoms with Crippen LogP contribution in [0.25, 0.3) is 21.8 Å². The summed E-state index contributed by atoms with van der Waals surface area (Å²) < 4.78 is 1.74. The fourth-order valence-corrected chi connectivity index (χ4v) is 3.50. The maximum absolute atomic E-state index is 13.0. The Morgan fingerprint density at radius 2 is 1.97 bits per heavy atom. The maximum atomic E-state index is 13.0. The molecule has 7 heteroatoms. The summed E-state index contributed by atoms with van der Waals surface area (Å²) >= 11 is 0. The third-order valence-electron chi connectivity index (χ3n) is 4.98. The SMILES string of the molecule is Cc1[nH]nc2c1c(=O)n(CCCNC(=O)c1ccc(C#N)cc1)c1ccccc21. The largest absolute Gasteiger partial charge is 0.352 e. The Kier molecular flexibility index (Phi) is 4.83. The molecule has 2 heterocycles. The average molecular weight is 385 g/mol. The molecule has 2 aromatic carbocycles. The molecule has 0 atom stereocenters. The molecule has 4 aromatic rings. The van der Waals surface area contributed by atoms with E-state index in [1.807, 2.05) is 37.3 Å². The van der Waals surface area contributed by atoms with Gasteiger partial charge < -0.3 is 9.88 Å². The molecule has 7 nitrogen and oxygen atoms in total. The van der Waals surface area contributed by atoms with Gasteiger partial charge in [0.05, 0.1) is 22.5 Å². The first-order valence-corrected chi connectivity index (χ1v) is 9.34.